The molecule has 3 saturated heterocycles. The quantitative estimate of drug-likeness (QED) is 0.559. The summed E-state index contributed by atoms with van der Waals surface area (Å²) < 4.78 is 33.2. The standard InChI is InChI=1S/C27H27F2N3O3/c1-26-9-10-27(35-26,11-12-31(2)16-17-3-6-20(29)7-4-17)23-22(26)24(33)32(25(23)34)21-8-5-18(15-30)19(13-21)14-28/h3-8,13,22-23H,9-12,14,16H2,1-2H3/t22-,23+,26?,27?/m1/s1. The van der Waals surface area contributed by atoms with Crippen LogP contribution in [-0.2, 0) is 27.5 Å². The number of benzene rings is 2. The van der Waals surface area contributed by atoms with Crippen molar-refractivity contribution >= 4 is 17.5 Å². The number of hydrogen-bond donors (Lipinski definition) is 0. The number of ether oxygens (including phenoxy) is 1. The van der Waals surface area contributed by atoms with E-state index in [0.29, 0.717) is 38.0 Å². The van der Waals surface area contributed by atoms with E-state index in [9.17, 15) is 23.6 Å². The molecule has 2 unspecified atom stereocenters. The molecule has 3 aliphatic rings. The molecular formula is C27H27F2N3O3. The molecule has 2 aromatic carbocycles. The maximum Gasteiger partial charge on any atom is 0.240 e. The van der Waals surface area contributed by atoms with Gasteiger partial charge >= 0.3 is 0 Å². The Morgan fingerprint density at radius 1 is 1.14 bits per heavy atom. The number of nitriles is 1. The summed E-state index contributed by atoms with van der Waals surface area (Å²) in [6.07, 6.45) is 1.95. The third-order valence-electron chi connectivity index (χ3n) is 7.91. The second-order valence-electron chi connectivity index (χ2n) is 10.1. The lowest BCUT2D eigenvalue weighted by Crippen LogP contribution is -2.44. The lowest BCUT2D eigenvalue weighted by molar-refractivity contribution is -0.131. The van der Waals surface area contributed by atoms with Gasteiger partial charge in [0.25, 0.3) is 0 Å². The Kier molecular flexibility index (Phi) is 5.73. The van der Waals surface area contributed by atoms with Crippen molar-refractivity contribution in [3.63, 3.8) is 0 Å². The van der Waals surface area contributed by atoms with Crippen LogP contribution in [0.15, 0.2) is 42.5 Å². The van der Waals surface area contributed by atoms with Gasteiger partial charge in [0.1, 0.15) is 12.5 Å². The minimum atomic E-state index is -0.856. The van der Waals surface area contributed by atoms with Gasteiger partial charge in [0.15, 0.2) is 0 Å². The highest BCUT2D eigenvalue weighted by Crippen LogP contribution is 2.62. The van der Waals surface area contributed by atoms with Crippen molar-refractivity contribution in [2.75, 3.05) is 18.5 Å². The van der Waals surface area contributed by atoms with Gasteiger partial charge in [-0.1, -0.05) is 12.1 Å². The Morgan fingerprint density at radius 3 is 2.54 bits per heavy atom. The molecule has 0 aromatic heterocycles. The summed E-state index contributed by atoms with van der Waals surface area (Å²) in [4.78, 5) is 30.5. The zero-order chi connectivity index (χ0) is 25.0. The molecule has 6 nitrogen and oxygen atoms in total. The molecule has 0 aliphatic carbocycles. The summed E-state index contributed by atoms with van der Waals surface area (Å²) in [5.74, 6) is -2.11. The lowest BCUT2D eigenvalue weighted by Gasteiger charge is -2.32. The van der Waals surface area contributed by atoms with Crippen LogP contribution in [0.4, 0.5) is 14.5 Å². The number of anilines is 1. The van der Waals surface area contributed by atoms with E-state index < -0.39 is 29.7 Å². The van der Waals surface area contributed by atoms with E-state index >= 15 is 0 Å². The van der Waals surface area contributed by atoms with Gasteiger partial charge in [0, 0.05) is 18.7 Å². The van der Waals surface area contributed by atoms with Crippen LogP contribution in [0.3, 0.4) is 0 Å². The topological polar surface area (TPSA) is 73.6 Å². The van der Waals surface area contributed by atoms with Crippen molar-refractivity contribution < 1.29 is 23.1 Å². The number of nitrogens with zero attached hydrogens (tertiary/aromatic N) is 3. The molecule has 5 rings (SSSR count). The number of fused-ring (bicyclic) bond motifs is 5. The van der Waals surface area contributed by atoms with Gasteiger partial charge in [-0.3, -0.25) is 9.59 Å². The van der Waals surface area contributed by atoms with Crippen molar-refractivity contribution in [2.24, 2.45) is 11.8 Å². The molecule has 35 heavy (non-hydrogen) atoms. The van der Waals surface area contributed by atoms with Crippen LogP contribution in [0, 0.1) is 29.0 Å². The smallest absolute Gasteiger partial charge is 0.240 e. The van der Waals surface area contributed by atoms with E-state index in [2.05, 4.69) is 4.90 Å². The first-order valence-corrected chi connectivity index (χ1v) is 11.8. The highest BCUT2D eigenvalue weighted by atomic mass is 19.1. The fourth-order valence-electron chi connectivity index (χ4n) is 6.16. The van der Waals surface area contributed by atoms with Crippen LogP contribution in [-0.4, -0.2) is 41.5 Å². The Morgan fingerprint density at radius 2 is 1.86 bits per heavy atom. The van der Waals surface area contributed by atoms with Crippen LogP contribution >= 0.6 is 0 Å². The predicted molar refractivity (Wildman–Crippen MR) is 124 cm³/mol. The van der Waals surface area contributed by atoms with Crippen molar-refractivity contribution in [2.45, 2.75) is 50.6 Å². The molecule has 3 heterocycles. The summed E-state index contributed by atoms with van der Waals surface area (Å²) >= 11 is 0. The number of halogens is 2. The fraction of sp³-hybridized carbons (Fsp3) is 0.444. The summed E-state index contributed by atoms with van der Waals surface area (Å²) in [5, 5.41) is 9.19. The second kappa shape index (κ2) is 8.51. The Hall–Kier alpha value is -3.15. The molecule has 0 radical (unpaired) electrons. The maximum atomic E-state index is 13.7. The zero-order valence-electron chi connectivity index (χ0n) is 19.8. The van der Waals surface area contributed by atoms with Crippen molar-refractivity contribution in [3.8, 4) is 6.07 Å². The van der Waals surface area contributed by atoms with Crippen LogP contribution in [0.25, 0.3) is 0 Å². The van der Waals surface area contributed by atoms with Crippen molar-refractivity contribution in [1.29, 1.82) is 5.26 Å². The molecule has 2 amide bonds. The van der Waals surface area contributed by atoms with Crippen molar-refractivity contribution in [3.05, 3.63) is 65.0 Å². The summed E-state index contributed by atoms with van der Waals surface area (Å²) in [5.41, 5.74) is 0.157. The largest absolute Gasteiger partial charge is 0.367 e. The minimum Gasteiger partial charge on any atom is -0.367 e. The molecular weight excluding hydrogens is 452 g/mol. The molecule has 3 aliphatic heterocycles. The summed E-state index contributed by atoms with van der Waals surface area (Å²) in [6, 6.07) is 12.7. The van der Waals surface area contributed by atoms with Crippen LogP contribution in [0.5, 0.6) is 0 Å². The third kappa shape index (κ3) is 3.74. The van der Waals surface area contributed by atoms with Crippen molar-refractivity contribution in [1.82, 2.24) is 4.90 Å². The Bertz CT molecular complexity index is 1230. The summed E-state index contributed by atoms with van der Waals surface area (Å²) in [6.45, 7) is 2.31. The van der Waals surface area contributed by atoms with E-state index in [4.69, 9.17) is 4.74 Å². The first kappa shape index (κ1) is 23.6. The molecule has 0 N–H and O–H groups in total. The van der Waals surface area contributed by atoms with Gasteiger partial charge in [0.2, 0.25) is 11.8 Å². The number of carbonyl (C=O) groups is 2. The van der Waals surface area contributed by atoms with Gasteiger partial charge < -0.3 is 9.64 Å². The van der Waals surface area contributed by atoms with Gasteiger partial charge in [-0.05, 0) is 69.1 Å². The van der Waals surface area contributed by atoms with E-state index in [-0.39, 0.29) is 28.8 Å². The molecule has 0 spiro atoms. The molecule has 0 saturated carbocycles. The monoisotopic (exact) mass is 479 g/mol. The highest BCUT2D eigenvalue weighted by molar-refractivity contribution is 6.23. The molecule has 182 valence electrons. The van der Waals surface area contributed by atoms with E-state index in [0.717, 1.165) is 5.56 Å². The lowest BCUT2D eigenvalue weighted by atomic mass is 9.67. The number of rotatable bonds is 7. The first-order chi connectivity index (χ1) is 16.7. The highest BCUT2D eigenvalue weighted by Gasteiger charge is 2.73. The van der Waals surface area contributed by atoms with Crippen LogP contribution in [0.2, 0.25) is 0 Å². The van der Waals surface area contributed by atoms with Gasteiger partial charge in [-0.15, -0.1) is 0 Å². The number of imide groups is 1. The maximum absolute atomic E-state index is 13.7. The molecule has 2 bridgehead atoms. The molecule has 3 fully saturated rings. The Labute approximate surface area is 203 Å². The van der Waals surface area contributed by atoms with Gasteiger partial charge in [0.05, 0.1) is 40.4 Å². The molecule has 4 atom stereocenters. The second-order valence-corrected chi connectivity index (χ2v) is 10.1. The van der Waals surface area contributed by atoms with Crippen LogP contribution in [0.1, 0.15) is 42.9 Å². The third-order valence-corrected chi connectivity index (χ3v) is 7.91. The average Bonchev–Trinajstić information content (AvgIpc) is 3.43. The molecule has 2 aromatic rings. The number of alkyl halides is 1. The van der Waals surface area contributed by atoms with E-state index in [1.807, 2.05) is 20.0 Å². The van der Waals surface area contributed by atoms with E-state index in [1.54, 1.807) is 12.1 Å². The number of carbonyl (C=O) groups excluding carboxylic acids is 2. The van der Waals surface area contributed by atoms with Gasteiger partial charge in [-0.2, -0.15) is 5.26 Å². The Balaban J connectivity index is 1.38. The fourth-order valence-corrected chi connectivity index (χ4v) is 6.16. The van der Waals surface area contributed by atoms with Crippen LogP contribution < -0.4 is 4.90 Å². The summed E-state index contributed by atoms with van der Waals surface area (Å²) in [7, 11) is 1.96. The minimum absolute atomic E-state index is 0.158. The molecule has 8 heteroatoms. The average molecular weight is 480 g/mol. The van der Waals surface area contributed by atoms with E-state index in [1.165, 1.54) is 35.2 Å². The SMILES string of the molecule is CN(CCC12CCC(C)(O1)[C@H]1C(=O)N(c3ccc(C#N)c(CF)c3)C(=O)[C@H]12)Cc1ccc(F)cc1. The number of hydrogen-bond acceptors (Lipinski definition) is 5. The van der Waals surface area contributed by atoms with Gasteiger partial charge in [-0.25, -0.2) is 13.7 Å². The zero-order valence-corrected chi connectivity index (χ0v) is 19.8. The number of amides is 2. The predicted octanol–water partition coefficient (Wildman–Crippen LogP) is 4.12. The first-order valence-electron chi connectivity index (χ1n) is 11.8. The normalized spacial score (nSPS) is 29.2.